The highest BCUT2D eigenvalue weighted by Crippen LogP contribution is 2.13. The van der Waals surface area contributed by atoms with E-state index in [2.05, 4.69) is 35.2 Å². The molecule has 72 valence electrons. The van der Waals surface area contributed by atoms with Crippen LogP contribution in [0.15, 0.2) is 11.0 Å². The number of hydrogen-bond acceptors (Lipinski definition) is 8. The molecule has 0 aliphatic rings. The van der Waals surface area contributed by atoms with Gasteiger partial charge >= 0.3 is 5.97 Å². The molecule has 0 aliphatic carbocycles. The van der Waals surface area contributed by atoms with Crippen molar-refractivity contribution in [3.8, 4) is 0 Å². The first-order chi connectivity index (χ1) is 6.77. The highest BCUT2D eigenvalue weighted by Gasteiger charge is 2.09. The normalized spacial score (nSPS) is 10.1. The van der Waals surface area contributed by atoms with Gasteiger partial charge in [-0.05, 0) is 10.3 Å². The zero-order valence-corrected chi connectivity index (χ0v) is 7.09. The number of nitrogens with one attached hydrogen (secondary N) is 1. The first-order valence-electron chi connectivity index (χ1n) is 3.64. The fraction of sp³-hybridized carbons (Fsp3) is 0.167. The summed E-state index contributed by atoms with van der Waals surface area (Å²) in [6, 6.07) is 0. The lowest BCUT2D eigenvalue weighted by atomic mass is 10.5. The molecule has 2 heterocycles. The fourth-order valence-electron chi connectivity index (χ4n) is 0.815. The molecule has 0 spiro atoms. The van der Waals surface area contributed by atoms with E-state index in [-0.39, 0.29) is 11.5 Å². The van der Waals surface area contributed by atoms with Crippen LogP contribution in [0.4, 0.5) is 5.82 Å². The molecule has 0 amide bonds. The fourth-order valence-corrected chi connectivity index (χ4v) is 0.815. The highest BCUT2D eigenvalue weighted by molar-refractivity contribution is 5.81. The van der Waals surface area contributed by atoms with Gasteiger partial charge in [-0.3, -0.25) is 4.79 Å². The van der Waals surface area contributed by atoms with Gasteiger partial charge in [0.1, 0.15) is 6.33 Å². The minimum Gasteiger partial charge on any atom is -0.342 e. The molecule has 2 rings (SSSR count). The smallest absolute Gasteiger partial charge is 0.329 e. The van der Waals surface area contributed by atoms with Crippen LogP contribution in [-0.4, -0.2) is 26.3 Å². The van der Waals surface area contributed by atoms with E-state index in [9.17, 15) is 4.79 Å². The van der Waals surface area contributed by atoms with Gasteiger partial charge in [0.15, 0.2) is 11.3 Å². The second kappa shape index (κ2) is 3.24. The standard InChI is InChI=1S/C6H5N5O3/c1-3(12)13-10-5-4-6(8-2-7-5)11-14-9-4/h2H,1H3,(H,7,8,10,11). The molecule has 0 aromatic carbocycles. The molecule has 8 heteroatoms. The maximum atomic E-state index is 10.5. The third-order valence-electron chi connectivity index (χ3n) is 1.35. The van der Waals surface area contributed by atoms with E-state index in [0.717, 1.165) is 0 Å². The summed E-state index contributed by atoms with van der Waals surface area (Å²) in [5.74, 6) is -0.264. The number of rotatable bonds is 2. The molecule has 0 saturated carbocycles. The lowest BCUT2D eigenvalue weighted by Crippen LogP contribution is -2.08. The lowest BCUT2D eigenvalue weighted by Gasteiger charge is -2.01. The van der Waals surface area contributed by atoms with Crippen molar-refractivity contribution >= 4 is 23.0 Å². The second-order valence-electron chi connectivity index (χ2n) is 2.35. The Kier molecular flexibility index (Phi) is 1.94. The Hall–Kier alpha value is -2.25. The van der Waals surface area contributed by atoms with Crippen LogP contribution in [0.25, 0.3) is 11.2 Å². The number of hydrogen-bond donors (Lipinski definition) is 1. The van der Waals surface area contributed by atoms with E-state index in [1.165, 1.54) is 13.3 Å². The van der Waals surface area contributed by atoms with Crippen LogP contribution >= 0.6 is 0 Å². The molecule has 0 radical (unpaired) electrons. The Labute approximate surface area is 77.2 Å². The summed E-state index contributed by atoms with van der Waals surface area (Å²) in [6.07, 6.45) is 1.25. The van der Waals surface area contributed by atoms with Gasteiger partial charge < -0.3 is 4.84 Å². The molecule has 2 aromatic rings. The van der Waals surface area contributed by atoms with Crippen molar-refractivity contribution in [1.29, 1.82) is 0 Å². The van der Waals surface area contributed by atoms with E-state index in [0.29, 0.717) is 5.52 Å². The van der Waals surface area contributed by atoms with E-state index in [4.69, 9.17) is 0 Å². The van der Waals surface area contributed by atoms with Gasteiger partial charge in [-0.25, -0.2) is 14.6 Å². The number of nitrogens with zero attached hydrogens (tertiary/aromatic N) is 4. The molecule has 14 heavy (non-hydrogen) atoms. The summed E-state index contributed by atoms with van der Waals surface area (Å²) in [5, 5.41) is 7.02. The average Bonchev–Trinajstić information content (AvgIpc) is 2.62. The van der Waals surface area contributed by atoms with E-state index < -0.39 is 5.97 Å². The van der Waals surface area contributed by atoms with Crippen molar-refractivity contribution in [3.63, 3.8) is 0 Å². The van der Waals surface area contributed by atoms with Crippen molar-refractivity contribution in [2.75, 3.05) is 5.48 Å². The van der Waals surface area contributed by atoms with Crippen molar-refractivity contribution < 1.29 is 14.3 Å². The molecular weight excluding hydrogens is 190 g/mol. The number of anilines is 1. The van der Waals surface area contributed by atoms with Crippen LogP contribution in [-0.2, 0) is 9.63 Å². The molecule has 0 saturated heterocycles. The first kappa shape index (κ1) is 8.35. The number of carbonyl (C=O) groups is 1. The largest absolute Gasteiger partial charge is 0.342 e. The third-order valence-corrected chi connectivity index (χ3v) is 1.35. The van der Waals surface area contributed by atoms with Crippen LogP contribution in [0, 0.1) is 0 Å². The summed E-state index contributed by atoms with van der Waals surface area (Å²) < 4.78 is 4.43. The van der Waals surface area contributed by atoms with Crippen LogP contribution < -0.4 is 5.48 Å². The van der Waals surface area contributed by atoms with Crippen molar-refractivity contribution in [2.24, 2.45) is 0 Å². The third kappa shape index (κ3) is 1.44. The molecule has 0 bridgehead atoms. The van der Waals surface area contributed by atoms with Gasteiger partial charge in [-0.2, -0.15) is 5.48 Å². The van der Waals surface area contributed by atoms with Gasteiger partial charge in [0, 0.05) is 6.92 Å². The summed E-state index contributed by atoms with van der Waals surface area (Å²) in [7, 11) is 0. The van der Waals surface area contributed by atoms with Crippen LogP contribution in [0.2, 0.25) is 0 Å². The Bertz CT molecular complexity index is 467. The topological polar surface area (TPSA) is 103 Å². The van der Waals surface area contributed by atoms with Crippen molar-refractivity contribution in [3.05, 3.63) is 6.33 Å². The van der Waals surface area contributed by atoms with Crippen LogP contribution in [0.3, 0.4) is 0 Å². The van der Waals surface area contributed by atoms with Gasteiger partial charge in [0.25, 0.3) is 0 Å². The number of carbonyl (C=O) groups excluding carboxylic acids is 1. The molecule has 0 fully saturated rings. The molecule has 8 nitrogen and oxygen atoms in total. The second-order valence-corrected chi connectivity index (χ2v) is 2.35. The van der Waals surface area contributed by atoms with Gasteiger partial charge in [0.2, 0.25) is 5.65 Å². The predicted molar refractivity (Wildman–Crippen MR) is 42.8 cm³/mol. The minimum atomic E-state index is -0.492. The molecule has 1 N–H and O–H groups in total. The van der Waals surface area contributed by atoms with Gasteiger partial charge in [-0.1, -0.05) is 0 Å². The van der Waals surface area contributed by atoms with Crippen molar-refractivity contribution in [2.45, 2.75) is 6.92 Å². The predicted octanol–water partition coefficient (Wildman–Crippen LogP) is -0.0972. The summed E-state index contributed by atoms with van der Waals surface area (Å²) in [4.78, 5) is 22.6. The SMILES string of the molecule is CC(=O)ONc1ncnc2nonc12. The molecule has 2 aromatic heterocycles. The van der Waals surface area contributed by atoms with Crippen molar-refractivity contribution in [1.82, 2.24) is 20.3 Å². The Morgan fingerprint density at radius 1 is 1.50 bits per heavy atom. The van der Waals surface area contributed by atoms with Crippen LogP contribution in [0.5, 0.6) is 0 Å². The van der Waals surface area contributed by atoms with E-state index in [1.54, 1.807) is 0 Å². The van der Waals surface area contributed by atoms with E-state index >= 15 is 0 Å². The zero-order chi connectivity index (χ0) is 9.97. The minimum absolute atomic E-state index is 0.228. The first-order valence-corrected chi connectivity index (χ1v) is 3.64. The monoisotopic (exact) mass is 195 g/mol. The Balaban J connectivity index is 2.32. The molecule has 0 aliphatic heterocycles. The summed E-state index contributed by atoms with van der Waals surface area (Å²) in [5.41, 5.74) is 2.90. The quantitative estimate of drug-likeness (QED) is 0.662. The zero-order valence-electron chi connectivity index (χ0n) is 7.09. The maximum Gasteiger partial charge on any atom is 0.329 e. The Morgan fingerprint density at radius 3 is 3.14 bits per heavy atom. The van der Waals surface area contributed by atoms with Gasteiger partial charge in [-0.15, -0.1) is 0 Å². The summed E-state index contributed by atoms with van der Waals surface area (Å²) in [6.45, 7) is 1.26. The molecule has 0 atom stereocenters. The molecule has 0 unspecified atom stereocenters. The summed E-state index contributed by atoms with van der Waals surface area (Å²) >= 11 is 0. The van der Waals surface area contributed by atoms with Gasteiger partial charge in [0.05, 0.1) is 0 Å². The average molecular weight is 195 g/mol. The van der Waals surface area contributed by atoms with Crippen LogP contribution in [0.1, 0.15) is 6.92 Å². The maximum absolute atomic E-state index is 10.5. The lowest BCUT2D eigenvalue weighted by molar-refractivity contribution is -0.138. The highest BCUT2D eigenvalue weighted by atomic mass is 16.7. The number of fused-ring (bicyclic) bond motifs is 1. The van der Waals surface area contributed by atoms with E-state index in [1.807, 2.05) is 0 Å². The number of aromatic nitrogens is 4. The Morgan fingerprint density at radius 2 is 2.36 bits per heavy atom. The molecular formula is C6H5N5O3.